The fourth-order valence-corrected chi connectivity index (χ4v) is 3.42. The van der Waals surface area contributed by atoms with Crippen LogP contribution in [-0.2, 0) is 4.79 Å². The van der Waals surface area contributed by atoms with Crippen LogP contribution < -0.4 is 5.32 Å². The fourth-order valence-electron chi connectivity index (χ4n) is 3.42. The highest BCUT2D eigenvalue weighted by molar-refractivity contribution is 5.75. The molecule has 0 aliphatic carbocycles. The highest BCUT2D eigenvalue weighted by Gasteiger charge is 2.32. The van der Waals surface area contributed by atoms with Crippen LogP contribution in [0, 0.1) is 5.92 Å². The number of rotatable bonds is 5. The molecule has 1 atom stereocenters. The summed E-state index contributed by atoms with van der Waals surface area (Å²) in [6.45, 7) is 6.24. The Bertz CT molecular complexity index is 369. The second-order valence-corrected chi connectivity index (χ2v) is 6.08. The van der Waals surface area contributed by atoms with E-state index in [-0.39, 0.29) is 12.5 Å². The summed E-state index contributed by atoms with van der Waals surface area (Å²) in [5.41, 5.74) is 0. The summed E-state index contributed by atoms with van der Waals surface area (Å²) in [6, 6.07) is 0.490. The van der Waals surface area contributed by atoms with Crippen LogP contribution in [0.1, 0.15) is 39.0 Å². The highest BCUT2D eigenvalue weighted by Crippen LogP contribution is 2.23. The lowest BCUT2D eigenvalue weighted by Gasteiger charge is -2.36. The largest absolute Gasteiger partial charge is 0.481 e. The van der Waals surface area contributed by atoms with Gasteiger partial charge in [0.2, 0.25) is 0 Å². The predicted molar refractivity (Wildman–Crippen MR) is 80.2 cm³/mol. The molecular weight excluding hydrogens is 270 g/mol. The van der Waals surface area contributed by atoms with Gasteiger partial charge in [-0.1, -0.05) is 0 Å². The van der Waals surface area contributed by atoms with Crippen molar-refractivity contribution in [2.24, 2.45) is 5.92 Å². The maximum absolute atomic E-state index is 12.7. The lowest BCUT2D eigenvalue weighted by atomic mass is 10.0. The van der Waals surface area contributed by atoms with Gasteiger partial charge in [0.1, 0.15) is 0 Å². The van der Waals surface area contributed by atoms with Gasteiger partial charge in [-0.05, 0) is 51.6 Å². The molecule has 1 unspecified atom stereocenters. The van der Waals surface area contributed by atoms with Crippen LogP contribution in [0.3, 0.4) is 0 Å². The summed E-state index contributed by atoms with van der Waals surface area (Å²) in [5.74, 6) is -0.401. The van der Waals surface area contributed by atoms with Crippen molar-refractivity contribution in [2.75, 3.05) is 32.7 Å². The molecule has 2 aliphatic heterocycles. The number of carbonyl (C=O) groups is 2. The van der Waals surface area contributed by atoms with Crippen molar-refractivity contribution >= 4 is 12.0 Å². The normalized spacial score (nSPS) is 23.3. The minimum atomic E-state index is -0.746. The van der Waals surface area contributed by atoms with Crippen molar-refractivity contribution in [3.63, 3.8) is 0 Å². The number of likely N-dealkylation sites (tertiary alicyclic amines) is 1. The average molecular weight is 297 g/mol. The Morgan fingerprint density at radius 3 is 2.62 bits per heavy atom. The van der Waals surface area contributed by atoms with Gasteiger partial charge in [-0.15, -0.1) is 0 Å². The zero-order valence-corrected chi connectivity index (χ0v) is 12.9. The van der Waals surface area contributed by atoms with Gasteiger partial charge in [-0.3, -0.25) is 4.79 Å². The van der Waals surface area contributed by atoms with Gasteiger partial charge in [0.05, 0.1) is 0 Å². The number of carbonyl (C=O) groups excluding carboxylic acids is 1. The van der Waals surface area contributed by atoms with Crippen LogP contribution in [0.25, 0.3) is 0 Å². The number of carboxylic acids is 1. The molecule has 2 heterocycles. The summed E-state index contributed by atoms with van der Waals surface area (Å²) in [7, 11) is 0. The number of nitrogens with one attached hydrogen (secondary N) is 1. The third-order valence-corrected chi connectivity index (χ3v) is 4.66. The third kappa shape index (κ3) is 4.33. The third-order valence-electron chi connectivity index (χ3n) is 4.66. The van der Waals surface area contributed by atoms with Gasteiger partial charge >= 0.3 is 12.0 Å². The van der Waals surface area contributed by atoms with Crippen LogP contribution in [0.2, 0.25) is 0 Å². The summed E-state index contributed by atoms with van der Waals surface area (Å²) < 4.78 is 0. The number of amides is 2. The second kappa shape index (κ2) is 7.64. The molecule has 21 heavy (non-hydrogen) atoms. The first kappa shape index (κ1) is 16.1. The number of nitrogens with zero attached hydrogens (tertiary/aromatic N) is 2. The molecule has 0 aromatic carbocycles. The van der Waals surface area contributed by atoms with Crippen molar-refractivity contribution in [3.05, 3.63) is 0 Å². The molecule has 6 heteroatoms. The van der Waals surface area contributed by atoms with E-state index in [1.165, 1.54) is 0 Å². The summed E-state index contributed by atoms with van der Waals surface area (Å²) in [6.07, 6.45) is 3.87. The number of urea groups is 1. The molecule has 2 fully saturated rings. The first-order chi connectivity index (χ1) is 10.1. The quantitative estimate of drug-likeness (QED) is 0.804. The van der Waals surface area contributed by atoms with Gasteiger partial charge < -0.3 is 20.2 Å². The molecular formula is C15H27N3O3. The van der Waals surface area contributed by atoms with Crippen LogP contribution >= 0.6 is 0 Å². The van der Waals surface area contributed by atoms with Crippen molar-refractivity contribution in [2.45, 2.75) is 45.1 Å². The highest BCUT2D eigenvalue weighted by atomic mass is 16.4. The van der Waals surface area contributed by atoms with Crippen LogP contribution in [0.5, 0.6) is 0 Å². The van der Waals surface area contributed by atoms with E-state index < -0.39 is 5.97 Å². The minimum absolute atomic E-state index is 0.141. The van der Waals surface area contributed by atoms with Gasteiger partial charge in [0.25, 0.3) is 0 Å². The van der Waals surface area contributed by atoms with Crippen molar-refractivity contribution in [3.8, 4) is 0 Å². The number of aliphatic carboxylic acids is 1. The molecule has 2 N–H and O–H groups in total. The lowest BCUT2D eigenvalue weighted by molar-refractivity contribution is -0.137. The monoisotopic (exact) mass is 297 g/mol. The van der Waals surface area contributed by atoms with Crippen molar-refractivity contribution in [1.82, 2.24) is 15.1 Å². The first-order valence-electron chi connectivity index (χ1n) is 8.09. The molecule has 0 aromatic rings. The lowest BCUT2D eigenvalue weighted by Crippen LogP contribution is -2.50. The van der Waals surface area contributed by atoms with Crippen LogP contribution in [0.4, 0.5) is 4.79 Å². The van der Waals surface area contributed by atoms with Crippen LogP contribution in [-0.4, -0.2) is 65.7 Å². The summed E-state index contributed by atoms with van der Waals surface area (Å²) in [4.78, 5) is 27.2. The Balaban J connectivity index is 1.85. The smallest absolute Gasteiger partial charge is 0.320 e. The average Bonchev–Trinajstić information content (AvgIpc) is 2.96. The zero-order valence-electron chi connectivity index (χ0n) is 12.9. The van der Waals surface area contributed by atoms with Crippen LogP contribution in [0.15, 0.2) is 0 Å². The van der Waals surface area contributed by atoms with E-state index in [4.69, 9.17) is 5.11 Å². The molecule has 0 saturated carbocycles. The molecule has 0 spiro atoms. The molecule has 6 nitrogen and oxygen atoms in total. The van der Waals surface area contributed by atoms with E-state index in [0.717, 1.165) is 45.4 Å². The maximum Gasteiger partial charge on any atom is 0.320 e. The van der Waals surface area contributed by atoms with E-state index >= 15 is 0 Å². The Hall–Kier alpha value is -1.30. The van der Waals surface area contributed by atoms with E-state index in [1.54, 1.807) is 0 Å². The topological polar surface area (TPSA) is 72.9 Å². The standard InChI is InChI=1S/C15H27N3O3/c1-2-18(13-5-8-16-9-6-13)15(21)17-10-7-12(11-17)3-4-14(19)20/h12-13,16H,2-11H2,1H3,(H,19,20). The molecule has 2 rings (SSSR count). The second-order valence-electron chi connectivity index (χ2n) is 6.08. The summed E-state index contributed by atoms with van der Waals surface area (Å²) >= 11 is 0. The Morgan fingerprint density at radius 2 is 2.00 bits per heavy atom. The summed E-state index contributed by atoms with van der Waals surface area (Å²) in [5, 5.41) is 12.1. The Morgan fingerprint density at radius 1 is 1.29 bits per heavy atom. The number of hydrogen-bond donors (Lipinski definition) is 2. The molecule has 0 radical (unpaired) electrons. The molecule has 0 bridgehead atoms. The molecule has 2 aliphatic rings. The van der Waals surface area contributed by atoms with E-state index in [2.05, 4.69) is 5.32 Å². The number of carboxylic acid groups (broad SMARTS) is 1. The Kier molecular flexibility index (Phi) is 5.85. The van der Waals surface area contributed by atoms with E-state index in [1.807, 2.05) is 16.7 Å². The van der Waals surface area contributed by atoms with Gasteiger partial charge in [0, 0.05) is 32.1 Å². The van der Waals surface area contributed by atoms with Crippen molar-refractivity contribution < 1.29 is 14.7 Å². The van der Waals surface area contributed by atoms with E-state index in [9.17, 15) is 9.59 Å². The molecule has 2 amide bonds. The van der Waals surface area contributed by atoms with Gasteiger partial charge in [-0.2, -0.15) is 0 Å². The van der Waals surface area contributed by atoms with E-state index in [0.29, 0.717) is 24.9 Å². The Labute approximate surface area is 126 Å². The molecule has 2 saturated heterocycles. The fraction of sp³-hybridized carbons (Fsp3) is 0.867. The van der Waals surface area contributed by atoms with Gasteiger partial charge in [-0.25, -0.2) is 4.79 Å². The predicted octanol–water partition coefficient (Wildman–Crippen LogP) is 1.37. The SMILES string of the molecule is CCN(C(=O)N1CCC(CCC(=O)O)C1)C1CCNCC1. The van der Waals surface area contributed by atoms with Gasteiger partial charge in [0.15, 0.2) is 0 Å². The molecule has 120 valence electrons. The number of hydrogen-bond acceptors (Lipinski definition) is 3. The minimum Gasteiger partial charge on any atom is -0.481 e. The maximum atomic E-state index is 12.7. The molecule has 0 aromatic heterocycles. The number of piperidine rings is 1. The van der Waals surface area contributed by atoms with Crippen molar-refractivity contribution in [1.29, 1.82) is 0 Å². The zero-order chi connectivity index (χ0) is 15.2. The first-order valence-corrected chi connectivity index (χ1v) is 8.09.